The topological polar surface area (TPSA) is 67.2 Å². The average Bonchev–Trinajstić information content (AvgIpc) is 3.24. The molecule has 3 heterocycles. The molecule has 1 fully saturated rings. The van der Waals surface area contributed by atoms with Crippen molar-refractivity contribution in [3.8, 4) is 0 Å². The van der Waals surface area contributed by atoms with Gasteiger partial charge in [0.25, 0.3) is 0 Å². The molecule has 2 aromatic heterocycles. The molecular formula is C17H26N6OS. The fourth-order valence-corrected chi connectivity index (χ4v) is 3.73. The number of rotatable bonds is 5. The van der Waals surface area contributed by atoms with Gasteiger partial charge < -0.3 is 4.90 Å². The van der Waals surface area contributed by atoms with Gasteiger partial charge in [0.05, 0.1) is 23.4 Å². The molecule has 25 heavy (non-hydrogen) atoms. The molecule has 0 bridgehead atoms. The third-order valence-electron chi connectivity index (χ3n) is 4.33. The number of thiazole rings is 1. The fourth-order valence-electron chi connectivity index (χ4n) is 2.83. The van der Waals surface area contributed by atoms with E-state index in [9.17, 15) is 4.79 Å². The molecule has 1 amide bonds. The summed E-state index contributed by atoms with van der Waals surface area (Å²) in [6.45, 7) is 11.4. The first-order chi connectivity index (χ1) is 11.9. The van der Waals surface area contributed by atoms with Gasteiger partial charge in [-0.1, -0.05) is 26.0 Å². The lowest BCUT2D eigenvalue weighted by atomic mass is 9.98. The number of nitrogens with zero attached hydrogens (tertiary/aromatic N) is 6. The first kappa shape index (κ1) is 18.0. The fraction of sp³-hybridized carbons (Fsp3) is 0.647. The molecule has 0 atom stereocenters. The van der Waals surface area contributed by atoms with E-state index in [4.69, 9.17) is 4.98 Å². The smallest absolute Gasteiger partial charge is 0.224 e. The van der Waals surface area contributed by atoms with Gasteiger partial charge in [0.2, 0.25) is 5.91 Å². The number of hydrogen-bond acceptors (Lipinski definition) is 6. The van der Waals surface area contributed by atoms with E-state index in [0.29, 0.717) is 13.0 Å². The van der Waals surface area contributed by atoms with E-state index in [1.165, 1.54) is 5.01 Å². The van der Waals surface area contributed by atoms with Crippen molar-refractivity contribution in [2.45, 2.75) is 45.7 Å². The predicted molar refractivity (Wildman–Crippen MR) is 97.3 cm³/mol. The van der Waals surface area contributed by atoms with Crippen LogP contribution in [0.25, 0.3) is 0 Å². The Hall–Kier alpha value is -1.80. The Balaban J connectivity index is 1.43. The lowest BCUT2D eigenvalue weighted by molar-refractivity contribution is -0.133. The van der Waals surface area contributed by atoms with Crippen molar-refractivity contribution < 1.29 is 4.79 Å². The molecular weight excluding hydrogens is 336 g/mol. The summed E-state index contributed by atoms with van der Waals surface area (Å²) in [4.78, 5) is 21.4. The van der Waals surface area contributed by atoms with Crippen molar-refractivity contribution in [1.29, 1.82) is 0 Å². The molecule has 1 aliphatic heterocycles. The Kier molecular flexibility index (Phi) is 5.48. The molecule has 0 aliphatic carbocycles. The molecule has 136 valence electrons. The predicted octanol–water partition coefficient (Wildman–Crippen LogP) is 1.77. The molecule has 0 radical (unpaired) electrons. The summed E-state index contributed by atoms with van der Waals surface area (Å²) < 4.78 is 1.70. The molecule has 0 saturated carbocycles. The molecule has 7 nitrogen and oxygen atoms in total. The van der Waals surface area contributed by atoms with Crippen molar-refractivity contribution in [3.63, 3.8) is 0 Å². The second-order valence-electron chi connectivity index (χ2n) is 7.47. The maximum absolute atomic E-state index is 12.3. The molecule has 0 unspecified atom stereocenters. The number of carbonyl (C=O) groups is 1. The highest BCUT2D eigenvalue weighted by atomic mass is 32.1. The Morgan fingerprint density at radius 3 is 2.60 bits per heavy atom. The zero-order chi connectivity index (χ0) is 17.9. The van der Waals surface area contributed by atoms with Gasteiger partial charge in [0, 0.05) is 56.1 Å². The van der Waals surface area contributed by atoms with Crippen LogP contribution in [0.1, 0.15) is 37.9 Å². The van der Waals surface area contributed by atoms with E-state index >= 15 is 0 Å². The Bertz CT molecular complexity index is 682. The number of aryl methyl sites for hydroxylation is 1. The molecule has 1 aliphatic rings. The Morgan fingerprint density at radius 2 is 2.00 bits per heavy atom. The highest BCUT2D eigenvalue weighted by Gasteiger charge is 2.23. The summed E-state index contributed by atoms with van der Waals surface area (Å²) >= 11 is 1.74. The summed E-state index contributed by atoms with van der Waals surface area (Å²) in [7, 11) is 0. The molecule has 1 saturated heterocycles. The first-order valence-electron chi connectivity index (χ1n) is 8.71. The maximum Gasteiger partial charge on any atom is 0.224 e. The lowest BCUT2D eigenvalue weighted by Crippen LogP contribution is -2.48. The molecule has 2 aromatic rings. The number of hydrogen-bond donors (Lipinski definition) is 0. The maximum atomic E-state index is 12.3. The van der Waals surface area contributed by atoms with Gasteiger partial charge >= 0.3 is 0 Å². The lowest BCUT2D eigenvalue weighted by Gasteiger charge is -2.34. The van der Waals surface area contributed by atoms with E-state index in [0.717, 1.165) is 38.4 Å². The van der Waals surface area contributed by atoms with Crippen LogP contribution >= 0.6 is 11.3 Å². The van der Waals surface area contributed by atoms with Crippen molar-refractivity contribution in [2.24, 2.45) is 0 Å². The van der Waals surface area contributed by atoms with Gasteiger partial charge in [-0.2, -0.15) is 0 Å². The first-order valence-corrected chi connectivity index (χ1v) is 9.59. The zero-order valence-electron chi connectivity index (χ0n) is 15.2. The third-order valence-corrected chi connectivity index (χ3v) is 5.65. The minimum Gasteiger partial charge on any atom is -0.340 e. The van der Waals surface area contributed by atoms with Gasteiger partial charge in [0.15, 0.2) is 0 Å². The summed E-state index contributed by atoms with van der Waals surface area (Å²) in [6, 6.07) is 0. The number of amides is 1. The Labute approximate surface area is 152 Å². The minimum atomic E-state index is 0.109. The number of aromatic nitrogens is 4. The van der Waals surface area contributed by atoms with Crippen molar-refractivity contribution >= 4 is 17.2 Å². The van der Waals surface area contributed by atoms with E-state index in [1.54, 1.807) is 28.4 Å². The van der Waals surface area contributed by atoms with Crippen molar-refractivity contribution in [3.05, 3.63) is 28.5 Å². The monoisotopic (exact) mass is 362 g/mol. The molecule has 0 spiro atoms. The van der Waals surface area contributed by atoms with E-state index in [2.05, 4.69) is 41.4 Å². The van der Waals surface area contributed by atoms with Crippen LogP contribution in [0.2, 0.25) is 0 Å². The standard InChI is InChI=1S/C17H26N6OS/c1-17(2,3)16-19-14(13-25-16)12-21-8-10-22(11-9-21)15(24)4-6-23-7-5-18-20-23/h5,7,13H,4,6,8-12H2,1-3H3. The summed E-state index contributed by atoms with van der Waals surface area (Å²) in [5.74, 6) is 0.193. The quantitative estimate of drug-likeness (QED) is 0.811. The van der Waals surface area contributed by atoms with Crippen LogP contribution in [0.5, 0.6) is 0 Å². The van der Waals surface area contributed by atoms with E-state index in [-0.39, 0.29) is 11.3 Å². The van der Waals surface area contributed by atoms with Crippen LogP contribution in [-0.2, 0) is 23.3 Å². The summed E-state index contributed by atoms with van der Waals surface area (Å²) in [5.41, 5.74) is 1.25. The van der Waals surface area contributed by atoms with Crippen molar-refractivity contribution in [2.75, 3.05) is 26.2 Å². The van der Waals surface area contributed by atoms with Crippen LogP contribution in [0, 0.1) is 0 Å². The van der Waals surface area contributed by atoms with Crippen LogP contribution < -0.4 is 0 Å². The minimum absolute atomic E-state index is 0.109. The number of carbonyl (C=O) groups excluding carboxylic acids is 1. The molecule has 0 aromatic carbocycles. The largest absolute Gasteiger partial charge is 0.340 e. The van der Waals surface area contributed by atoms with Crippen LogP contribution in [0.3, 0.4) is 0 Å². The van der Waals surface area contributed by atoms with Crippen LogP contribution in [0.4, 0.5) is 0 Å². The molecule has 8 heteroatoms. The summed E-state index contributed by atoms with van der Waals surface area (Å²) in [5, 5.41) is 11.0. The SMILES string of the molecule is CC(C)(C)c1nc(CN2CCN(C(=O)CCn3ccnn3)CC2)cs1. The van der Waals surface area contributed by atoms with Gasteiger partial charge in [0.1, 0.15) is 0 Å². The van der Waals surface area contributed by atoms with E-state index < -0.39 is 0 Å². The normalized spacial score (nSPS) is 16.4. The second kappa shape index (κ2) is 7.61. The van der Waals surface area contributed by atoms with Crippen LogP contribution in [0.15, 0.2) is 17.8 Å². The second-order valence-corrected chi connectivity index (χ2v) is 8.33. The van der Waals surface area contributed by atoms with Crippen LogP contribution in [-0.4, -0.2) is 61.9 Å². The summed E-state index contributed by atoms with van der Waals surface area (Å²) in [6.07, 6.45) is 3.89. The van der Waals surface area contributed by atoms with Gasteiger partial charge in [-0.3, -0.25) is 14.4 Å². The van der Waals surface area contributed by atoms with Gasteiger partial charge in [-0.15, -0.1) is 16.4 Å². The Morgan fingerprint density at radius 1 is 1.24 bits per heavy atom. The number of piperazine rings is 1. The molecule has 3 rings (SSSR count). The average molecular weight is 363 g/mol. The van der Waals surface area contributed by atoms with Gasteiger partial charge in [-0.05, 0) is 0 Å². The van der Waals surface area contributed by atoms with Gasteiger partial charge in [-0.25, -0.2) is 4.98 Å². The highest BCUT2D eigenvalue weighted by molar-refractivity contribution is 7.09. The van der Waals surface area contributed by atoms with Crippen molar-refractivity contribution in [1.82, 2.24) is 29.8 Å². The highest BCUT2D eigenvalue weighted by Crippen LogP contribution is 2.26. The zero-order valence-corrected chi connectivity index (χ0v) is 16.0. The third kappa shape index (κ3) is 4.85. The van der Waals surface area contributed by atoms with E-state index in [1.807, 2.05) is 4.90 Å². The molecule has 0 N–H and O–H groups in total.